The van der Waals surface area contributed by atoms with E-state index in [-0.39, 0.29) is 71.0 Å². The molecule has 0 N–H and O–H groups in total. The van der Waals surface area contributed by atoms with E-state index >= 15 is 19.2 Å². The van der Waals surface area contributed by atoms with Crippen molar-refractivity contribution in [2.75, 3.05) is 19.6 Å². The van der Waals surface area contributed by atoms with Crippen molar-refractivity contribution in [1.82, 2.24) is 0 Å². The Hall–Kier alpha value is -5.34. The van der Waals surface area contributed by atoms with Crippen molar-refractivity contribution < 1.29 is 19.2 Å². The van der Waals surface area contributed by atoms with Crippen LogP contribution in [-0.2, 0) is 19.2 Å². The third-order valence-electron chi connectivity index (χ3n) is 14.4. The molecule has 8 nitrogen and oxygen atoms in total. The summed E-state index contributed by atoms with van der Waals surface area (Å²) in [5.74, 6) is -0.305. The van der Waals surface area contributed by atoms with Crippen LogP contribution in [0.3, 0.4) is 0 Å². The highest BCUT2D eigenvalue weighted by Crippen LogP contribution is 2.50. The normalized spacial score (nSPS) is 16.5. The lowest BCUT2D eigenvalue weighted by Crippen LogP contribution is -2.60. The van der Waals surface area contributed by atoms with Crippen LogP contribution >= 0.6 is 15.8 Å². The third kappa shape index (κ3) is 10.0. The largest absolute Gasteiger partial charge is 0.273 e. The minimum atomic E-state index is -1.45. The van der Waals surface area contributed by atoms with Gasteiger partial charge in [0, 0.05) is 15.8 Å². The average molecular weight is 1010 g/mol. The van der Waals surface area contributed by atoms with E-state index in [9.17, 15) is 0 Å². The molecule has 0 aliphatic carbocycles. The Bertz CT molecular complexity index is 2440. The zero-order valence-corrected chi connectivity index (χ0v) is 48.7. The highest BCUT2D eigenvalue weighted by atomic mass is 32.0. The zero-order chi connectivity index (χ0) is 53.6. The van der Waals surface area contributed by atoms with Gasteiger partial charge in [-0.15, -0.1) is 0 Å². The molecule has 0 aromatic heterocycles. The van der Waals surface area contributed by atoms with E-state index in [2.05, 4.69) is 194 Å². The number of para-hydroxylation sites is 4. The zero-order valence-electron chi connectivity index (χ0n) is 46.9. The Labute approximate surface area is 435 Å². The van der Waals surface area contributed by atoms with Gasteiger partial charge >= 0.3 is 0 Å². The first-order chi connectivity index (χ1) is 33.6. The summed E-state index contributed by atoms with van der Waals surface area (Å²) in [6.07, 6.45) is 0. The molecule has 2 aliphatic rings. The summed E-state index contributed by atoms with van der Waals surface area (Å²) in [5.41, 5.74) is 15.5. The topological polar surface area (TPSA) is 81.2 Å². The highest BCUT2D eigenvalue weighted by molar-refractivity contribution is 8.09. The highest BCUT2D eigenvalue weighted by Gasteiger charge is 2.54. The van der Waals surface area contributed by atoms with Crippen LogP contribution in [0.2, 0.25) is 0 Å². The van der Waals surface area contributed by atoms with E-state index in [1.807, 2.05) is 0 Å². The molecule has 0 bridgehead atoms. The molecule has 10 heteroatoms. The molecule has 0 saturated carbocycles. The van der Waals surface area contributed by atoms with Crippen molar-refractivity contribution in [2.45, 2.75) is 186 Å². The summed E-state index contributed by atoms with van der Waals surface area (Å²) in [4.78, 5) is 69.1. The Kier molecular flexibility index (Phi) is 16.8. The predicted molar refractivity (Wildman–Crippen MR) is 307 cm³/mol. The molecule has 72 heavy (non-hydrogen) atoms. The molecule has 2 aliphatic heterocycles. The summed E-state index contributed by atoms with van der Waals surface area (Å²) >= 11 is 0. The number of hydrogen-bond acceptors (Lipinski definition) is 4. The summed E-state index contributed by atoms with van der Waals surface area (Å²) in [5, 5.41) is 0. The number of carbonyl (C=O) groups excluding carboxylic acids is 4. The molecule has 0 spiro atoms. The molecule has 382 valence electrons. The maximum atomic E-state index is 15.5. The van der Waals surface area contributed by atoms with Gasteiger partial charge < -0.3 is 0 Å². The van der Waals surface area contributed by atoms with Gasteiger partial charge in [-0.3, -0.25) is 38.8 Å². The fraction of sp³-hybridized carbons (Fsp3) is 0.484. The molecular weight excluding hydrogens is 927 g/mol. The van der Waals surface area contributed by atoms with Crippen molar-refractivity contribution in [2.24, 2.45) is 10.8 Å². The molecule has 2 heterocycles. The lowest BCUT2D eigenvalue weighted by molar-refractivity contribution is -0.140. The number of anilines is 4. The van der Waals surface area contributed by atoms with Gasteiger partial charge in [0.25, 0.3) is 0 Å². The molecular formula is C62H80N4O4P2. The first kappa shape index (κ1) is 56.0. The van der Waals surface area contributed by atoms with Crippen LogP contribution in [0.4, 0.5) is 22.7 Å². The van der Waals surface area contributed by atoms with Crippen molar-refractivity contribution in [3.8, 4) is 0 Å². The molecule has 6 rings (SSSR count). The number of amides is 4. The smallest absolute Gasteiger partial charge is 0.248 e. The summed E-state index contributed by atoms with van der Waals surface area (Å²) in [6.45, 7) is 41.1. The van der Waals surface area contributed by atoms with E-state index in [0.717, 1.165) is 67.3 Å². The van der Waals surface area contributed by atoms with Crippen molar-refractivity contribution in [3.05, 3.63) is 129 Å². The minimum absolute atomic E-state index is 0.0429. The monoisotopic (exact) mass is 1010 g/mol. The second kappa shape index (κ2) is 21.6. The molecule has 0 atom stereocenters. The fourth-order valence-corrected chi connectivity index (χ4v) is 11.7. The fourth-order valence-electron chi connectivity index (χ4n) is 10.1. The summed E-state index contributed by atoms with van der Waals surface area (Å²) in [7, 11) is 1.04. The quantitative estimate of drug-likeness (QED) is 0.0987. The lowest BCUT2D eigenvalue weighted by Gasteiger charge is -2.46. The van der Waals surface area contributed by atoms with E-state index in [1.165, 1.54) is 0 Å². The number of hydrogen-bond donors (Lipinski definition) is 0. The third-order valence-corrected chi connectivity index (χ3v) is 16.0. The van der Waals surface area contributed by atoms with Gasteiger partial charge in [0.1, 0.15) is 10.8 Å². The van der Waals surface area contributed by atoms with Gasteiger partial charge in [0.2, 0.25) is 23.6 Å². The SMILES string of the molecule is CC(C)c1cccc(C(C)C)c1N1C(=O)C(C)(C)C(=O)N(c2c(C(C)C)cccc2C(C)C)C1=C=PP=C=C1N(c2c(C(C)C)cccc2C(C)C)C(=O)C(C)(C)C(=O)N1c1c(C(C)C)cccc1C(C)C. The molecule has 2 fully saturated rings. The van der Waals surface area contributed by atoms with Crippen molar-refractivity contribution in [1.29, 1.82) is 0 Å². The van der Waals surface area contributed by atoms with E-state index < -0.39 is 10.8 Å². The average Bonchev–Trinajstić information content (AvgIpc) is 3.31. The first-order valence-electron chi connectivity index (χ1n) is 26.2. The van der Waals surface area contributed by atoms with Crippen molar-refractivity contribution in [3.63, 3.8) is 0 Å². The predicted octanol–water partition coefficient (Wildman–Crippen LogP) is 16.5. The van der Waals surface area contributed by atoms with Crippen LogP contribution in [-0.4, -0.2) is 34.5 Å². The van der Waals surface area contributed by atoms with Crippen LogP contribution in [0.25, 0.3) is 0 Å². The van der Waals surface area contributed by atoms with Gasteiger partial charge in [-0.1, -0.05) is 184 Å². The van der Waals surface area contributed by atoms with Gasteiger partial charge in [-0.25, -0.2) is 0 Å². The van der Waals surface area contributed by atoms with Gasteiger partial charge in [-0.05, 0) is 130 Å². The molecule has 0 radical (unpaired) electrons. The van der Waals surface area contributed by atoms with Gasteiger partial charge in [-0.2, -0.15) is 0 Å². The molecule has 4 amide bonds. The first-order valence-corrected chi connectivity index (χ1v) is 28.7. The number of rotatable bonds is 13. The Morgan fingerprint density at radius 3 is 0.611 bits per heavy atom. The molecule has 4 aromatic rings. The number of benzene rings is 4. The second-order valence-corrected chi connectivity index (χ2v) is 25.3. The van der Waals surface area contributed by atoms with Crippen LogP contribution in [0.15, 0.2) is 84.4 Å². The Balaban J connectivity index is 1.87. The molecule has 4 aromatic carbocycles. The minimum Gasteiger partial charge on any atom is -0.273 e. The van der Waals surface area contributed by atoms with Crippen LogP contribution in [0, 0.1) is 10.8 Å². The second-order valence-electron chi connectivity index (χ2n) is 23.3. The standard InChI is InChI=1S/C62H80N4O4P2/c1-35(2)43-25-21-26-44(36(3)4)53(43)63-51(64(58(68)61(17,18)57(63)67)54-45(37(5)6)27-22-28-46(54)38(7)8)33-71-72-34-52-65(55-47(39(9)10)29-23-30-48(55)40(11)12)59(69)62(19,20)60(70)66(52)56-49(41(13)14)31-24-32-50(56)42(15)16/h21-32,35-42H,1-20H3. The summed E-state index contributed by atoms with van der Waals surface area (Å²) < 4.78 is 0. The number of nitrogens with zero attached hydrogens (tertiary/aromatic N) is 4. The number of carbonyl (C=O) groups is 4. The summed E-state index contributed by atoms with van der Waals surface area (Å²) in [6, 6.07) is 24.9. The lowest BCUT2D eigenvalue weighted by atomic mass is 9.83. The maximum absolute atomic E-state index is 15.5. The van der Waals surface area contributed by atoms with Crippen LogP contribution < -0.4 is 19.6 Å². The van der Waals surface area contributed by atoms with Gasteiger partial charge in [0.15, 0.2) is 11.6 Å². The Morgan fingerprint density at radius 2 is 0.472 bits per heavy atom. The van der Waals surface area contributed by atoms with Crippen molar-refractivity contribution >= 4 is 73.1 Å². The molecule has 2 saturated heterocycles. The Morgan fingerprint density at radius 1 is 0.319 bits per heavy atom. The van der Waals surface area contributed by atoms with Gasteiger partial charge in [0.05, 0.1) is 22.7 Å². The maximum Gasteiger partial charge on any atom is 0.248 e. The van der Waals surface area contributed by atoms with Crippen LogP contribution in [0.1, 0.15) is 230 Å². The van der Waals surface area contributed by atoms with Crippen LogP contribution in [0.5, 0.6) is 0 Å². The van der Waals surface area contributed by atoms with E-state index in [0.29, 0.717) is 27.4 Å². The molecule has 0 unspecified atom stereocenters. The van der Waals surface area contributed by atoms with E-state index in [4.69, 9.17) is 0 Å². The van der Waals surface area contributed by atoms with E-state index in [1.54, 1.807) is 47.3 Å².